The number of hydrogen-bond acceptors (Lipinski definition) is 4. The van der Waals surface area contributed by atoms with Crippen LogP contribution in [0.25, 0.3) is 0 Å². The second-order valence-corrected chi connectivity index (χ2v) is 5.22. The Hall–Kier alpha value is -1.14. The highest BCUT2D eigenvalue weighted by atomic mass is 16.5. The Kier molecular flexibility index (Phi) is 5.15. The van der Waals surface area contributed by atoms with Gasteiger partial charge in [-0.3, -0.25) is 14.5 Å². The van der Waals surface area contributed by atoms with Crippen LogP contribution in [0.2, 0.25) is 0 Å². The van der Waals surface area contributed by atoms with Gasteiger partial charge in [-0.2, -0.15) is 0 Å². The minimum atomic E-state index is -0.786. The third-order valence-electron chi connectivity index (χ3n) is 3.87. The fourth-order valence-corrected chi connectivity index (χ4v) is 2.64. The molecule has 6 nitrogen and oxygen atoms in total. The number of carboxylic acids is 1. The molecule has 1 N–H and O–H groups in total. The first kappa shape index (κ1) is 14.3. The average Bonchev–Trinajstić information content (AvgIpc) is 2.46. The summed E-state index contributed by atoms with van der Waals surface area (Å²) in [5, 5.41) is 9.01. The molecule has 0 saturated carbocycles. The van der Waals surface area contributed by atoms with Crippen molar-refractivity contribution in [3.63, 3.8) is 0 Å². The van der Waals surface area contributed by atoms with Crippen LogP contribution in [0.5, 0.6) is 0 Å². The van der Waals surface area contributed by atoms with Crippen molar-refractivity contribution in [2.24, 2.45) is 5.92 Å². The predicted octanol–water partition coefficient (Wildman–Crippen LogP) is 0.0319. The summed E-state index contributed by atoms with van der Waals surface area (Å²) in [6, 6.07) is 0. The van der Waals surface area contributed by atoms with Crippen molar-refractivity contribution in [3.05, 3.63) is 0 Å². The second-order valence-electron chi connectivity index (χ2n) is 5.22. The molecule has 1 atom stereocenters. The largest absolute Gasteiger partial charge is 0.481 e. The lowest BCUT2D eigenvalue weighted by atomic mass is 9.98. The van der Waals surface area contributed by atoms with Crippen LogP contribution in [0, 0.1) is 5.92 Å². The van der Waals surface area contributed by atoms with Gasteiger partial charge in [0.1, 0.15) is 0 Å². The van der Waals surface area contributed by atoms with Gasteiger partial charge in [-0.05, 0) is 12.8 Å². The molecular weight excluding hydrogens is 248 g/mol. The molecule has 2 rings (SSSR count). The Morgan fingerprint density at radius 3 is 2.63 bits per heavy atom. The second kappa shape index (κ2) is 6.86. The minimum absolute atomic E-state index is 0.0810. The summed E-state index contributed by atoms with van der Waals surface area (Å²) in [5.41, 5.74) is 0. The quantitative estimate of drug-likeness (QED) is 0.780. The lowest BCUT2D eigenvalue weighted by molar-refractivity contribution is -0.145. The number of carbonyl (C=O) groups excluding carboxylic acids is 1. The van der Waals surface area contributed by atoms with Gasteiger partial charge in [0, 0.05) is 39.1 Å². The molecule has 0 spiro atoms. The van der Waals surface area contributed by atoms with Crippen LogP contribution in [0.1, 0.15) is 19.3 Å². The summed E-state index contributed by atoms with van der Waals surface area (Å²) in [4.78, 5) is 27.0. The maximum atomic E-state index is 12.1. The standard InChI is InChI=1S/C13H22N2O4/c16-12(3-5-14-6-8-19-9-7-14)15-4-1-2-11(10-15)13(17)18/h11H,1-10H2,(H,17,18). The summed E-state index contributed by atoms with van der Waals surface area (Å²) in [7, 11) is 0. The third-order valence-corrected chi connectivity index (χ3v) is 3.87. The fraction of sp³-hybridized carbons (Fsp3) is 0.846. The number of amides is 1. The maximum absolute atomic E-state index is 12.1. The Morgan fingerprint density at radius 2 is 1.95 bits per heavy atom. The molecule has 0 aromatic rings. The molecule has 2 aliphatic heterocycles. The van der Waals surface area contributed by atoms with Crippen molar-refractivity contribution in [1.29, 1.82) is 0 Å². The summed E-state index contributed by atoms with van der Waals surface area (Å²) in [6.45, 7) is 5.05. The molecule has 0 radical (unpaired) electrons. The van der Waals surface area contributed by atoms with E-state index in [9.17, 15) is 9.59 Å². The number of ether oxygens (including phenoxy) is 1. The van der Waals surface area contributed by atoms with Crippen molar-refractivity contribution < 1.29 is 19.4 Å². The Balaban J connectivity index is 1.74. The van der Waals surface area contributed by atoms with Gasteiger partial charge in [0.15, 0.2) is 0 Å². The molecule has 2 aliphatic rings. The molecule has 0 aliphatic carbocycles. The van der Waals surface area contributed by atoms with Crippen LogP contribution in [0.3, 0.4) is 0 Å². The highest BCUT2D eigenvalue weighted by molar-refractivity contribution is 5.78. The summed E-state index contributed by atoms with van der Waals surface area (Å²) < 4.78 is 5.26. The topological polar surface area (TPSA) is 70.1 Å². The highest BCUT2D eigenvalue weighted by Crippen LogP contribution is 2.17. The number of nitrogens with zero attached hydrogens (tertiary/aromatic N) is 2. The molecule has 19 heavy (non-hydrogen) atoms. The molecule has 108 valence electrons. The van der Waals surface area contributed by atoms with Crippen LogP contribution in [0.4, 0.5) is 0 Å². The van der Waals surface area contributed by atoms with E-state index in [1.165, 1.54) is 0 Å². The third kappa shape index (κ3) is 4.18. The Bertz CT molecular complexity index is 329. The first-order valence-electron chi connectivity index (χ1n) is 6.97. The van der Waals surface area contributed by atoms with Gasteiger partial charge in [-0.25, -0.2) is 0 Å². The normalized spacial score (nSPS) is 25.3. The zero-order valence-corrected chi connectivity index (χ0v) is 11.2. The van der Waals surface area contributed by atoms with Gasteiger partial charge >= 0.3 is 5.97 Å². The van der Waals surface area contributed by atoms with E-state index in [2.05, 4.69) is 4.90 Å². The number of carbonyl (C=O) groups is 2. The van der Waals surface area contributed by atoms with Crippen LogP contribution in [0.15, 0.2) is 0 Å². The number of rotatable bonds is 4. The lowest BCUT2D eigenvalue weighted by Gasteiger charge is -2.32. The molecule has 1 amide bonds. The van der Waals surface area contributed by atoms with Crippen LogP contribution in [-0.4, -0.2) is 72.7 Å². The fourth-order valence-electron chi connectivity index (χ4n) is 2.64. The van der Waals surface area contributed by atoms with E-state index in [0.29, 0.717) is 25.9 Å². The van der Waals surface area contributed by atoms with E-state index >= 15 is 0 Å². The molecule has 0 aromatic heterocycles. The van der Waals surface area contributed by atoms with Gasteiger partial charge in [0.05, 0.1) is 19.1 Å². The highest BCUT2D eigenvalue weighted by Gasteiger charge is 2.28. The Morgan fingerprint density at radius 1 is 1.21 bits per heavy atom. The van der Waals surface area contributed by atoms with Gasteiger partial charge in [0.25, 0.3) is 0 Å². The van der Waals surface area contributed by atoms with E-state index in [1.807, 2.05) is 0 Å². The Labute approximate surface area is 113 Å². The van der Waals surface area contributed by atoms with Crippen molar-refractivity contribution in [3.8, 4) is 0 Å². The zero-order valence-electron chi connectivity index (χ0n) is 11.2. The van der Waals surface area contributed by atoms with Gasteiger partial charge in [-0.1, -0.05) is 0 Å². The number of aliphatic carboxylic acids is 1. The first-order chi connectivity index (χ1) is 9.16. The van der Waals surface area contributed by atoms with Crippen LogP contribution >= 0.6 is 0 Å². The van der Waals surface area contributed by atoms with Crippen molar-refractivity contribution in [1.82, 2.24) is 9.80 Å². The number of likely N-dealkylation sites (tertiary alicyclic amines) is 1. The first-order valence-corrected chi connectivity index (χ1v) is 6.97. The molecule has 2 saturated heterocycles. The average molecular weight is 270 g/mol. The number of hydrogen-bond donors (Lipinski definition) is 1. The monoisotopic (exact) mass is 270 g/mol. The predicted molar refractivity (Wildman–Crippen MR) is 68.8 cm³/mol. The number of carboxylic acid groups (broad SMARTS) is 1. The molecule has 1 unspecified atom stereocenters. The molecule has 6 heteroatoms. The van der Waals surface area contributed by atoms with Crippen molar-refractivity contribution >= 4 is 11.9 Å². The smallest absolute Gasteiger partial charge is 0.308 e. The molecule has 0 bridgehead atoms. The number of morpholine rings is 1. The van der Waals surface area contributed by atoms with E-state index in [1.54, 1.807) is 4.90 Å². The molecular formula is C13H22N2O4. The van der Waals surface area contributed by atoms with Crippen molar-refractivity contribution in [2.75, 3.05) is 45.9 Å². The summed E-state index contributed by atoms with van der Waals surface area (Å²) in [5.74, 6) is -1.09. The zero-order chi connectivity index (χ0) is 13.7. The van der Waals surface area contributed by atoms with Gasteiger partial charge < -0.3 is 14.7 Å². The SMILES string of the molecule is O=C(O)C1CCCN(C(=O)CCN2CCOCC2)C1. The van der Waals surface area contributed by atoms with Gasteiger partial charge in [-0.15, -0.1) is 0 Å². The van der Waals surface area contributed by atoms with E-state index in [0.717, 1.165) is 39.3 Å². The molecule has 0 aromatic carbocycles. The van der Waals surface area contributed by atoms with Crippen molar-refractivity contribution in [2.45, 2.75) is 19.3 Å². The lowest BCUT2D eigenvalue weighted by Crippen LogP contribution is -2.44. The van der Waals surface area contributed by atoms with E-state index in [-0.39, 0.29) is 11.8 Å². The minimum Gasteiger partial charge on any atom is -0.481 e. The summed E-state index contributed by atoms with van der Waals surface area (Å²) in [6.07, 6.45) is 1.95. The van der Waals surface area contributed by atoms with Crippen LogP contribution < -0.4 is 0 Å². The summed E-state index contributed by atoms with van der Waals surface area (Å²) >= 11 is 0. The van der Waals surface area contributed by atoms with Crippen LogP contribution in [-0.2, 0) is 14.3 Å². The molecule has 2 fully saturated rings. The molecule has 2 heterocycles. The van der Waals surface area contributed by atoms with E-state index < -0.39 is 5.97 Å². The maximum Gasteiger partial charge on any atom is 0.308 e. The number of piperidine rings is 1. The van der Waals surface area contributed by atoms with Gasteiger partial charge in [0.2, 0.25) is 5.91 Å². The van der Waals surface area contributed by atoms with E-state index in [4.69, 9.17) is 9.84 Å².